The fourth-order valence-corrected chi connectivity index (χ4v) is 4.03. The molecule has 164 valence electrons. The van der Waals surface area contributed by atoms with Crippen LogP contribution in [-0.4, -0.2) is 45.3 Å². The number of carbonyl (C=O) groups excluding carboxylic acids is 1. The van der Waals surface area contributed by atoms with Crippen LogP contribution in [0.25, 0.3) is 22.3 Å². The molecule has 9 heteroatoms. The number of amides is 1. The van der Waals surface area contributed by atoms with Crippen molar-refractivity contribution in [2.45, 2.75) is 13.3 Å². The van der Waals surface area contributed by atoms with Crippen molar-refractivity contribution in [1.29, 1.82) is 0 Å². The largest absolute Gasteiger partial charge is 0.345 e. The predicted octanol–water partition coefficient (Wildman–Crippen LogP) is 5.02. The number of benzene rings is 1. The molecule has 0 saturated carbocycles. The Balaban J connectivity index is 1.53. The lowest BCUT2D eigenvalue weighted by Crippen LogP contribution is -2.13. The molecular formula is C23H25N6O2P. The summed E-state index contributed by atoms with van der Waals surface area (Å²) in [6.45, 7) is 5.34. The number of pyridine rings is 1. The Morgan fingerprint density at radius 1 is 1.12 bits per heavy atom. The number of nitrogens with one attached hydrogen (secondary N) is 3. The maximum atomic E-state index is 12.2. The molecule has 0 radical (unpaired) electrons. The van der Waals surface area contributed by atoms with Gasteiger partial charge in [-0.3, -0.25) is 4.79 Å². The van der Waals surface area contributed by atoms with Crippen LogP contribution < -0.4 is 10.6 Å². The summed E-state index contributed by atoms with van der Waals surface area (Å²) < 4.78 is 11.8. The minimum Gasteiger partial charge on any atom is -0.345 e. The fraction of sp³-hybridized carbons (Fsp3) is 0.217. The number of hydrogen-bond donors (Lipinski definition) is 3. The summed E-state index contributed by atoms with van der Waals surface area (Å²) >= 11 is 0. The third kappa shape index (κ3) is 5.21. The van der Waals surface area contributed by atoms with Crippen LogP contribution in [0.4, 0.5) is 17.3 Å². The Labute approximate surface area is 186 Å². The number of anilines is 3. The van der Waals surface area contributed by atoms with E-state index < -0.39 is 7.14 Å². The molecule has 3 aromatic heterocycles. The molecule has 0 aliphatic carbocycles. The highest BCUT2D eigenvalue weighted by Crippen LogP contribution is 2.36. The van der Waals surface area contributed by atoms with Gasteiger partial charge in [-0.15, -0.1) is 0 Å². The van der Waals surface area contributed by atoms with E-state index >= 15 is 0 Å². The molecule has 1 amide bonds. The number of nitrogens with zero attached hydrogens (tertiary/aromatic N) is 3. The van der Waals surface area contributed by atoms with Gasteiger partial charge in [0.05, 0.1) is 12.8 Å². The first kappa shape index (κ1) is 21.7. The number of rotatable bonds is 7. The minimum absolute atomic E-state index is 0.157. The maximum absolute atomic E-state index is 12.2. The van der Waals surface area contributed by atoms with Gasteiger partial charge in [-0.05, 0) is 56.1 Å². The molecular weight excluding hydrogens is 423 g/mol. The van der Waals surface area contributed by atoms with Crippen LogP contribution in [0, 0.1) is 6.92 Å². The Morgan fingerprint density at radius 3 is 2.78 bits per heavy atom. The molecule has 32 heavy (non-hydrogen) atoms. The molecule has 4 aromatic rings. The van der Waals surface area contributed by atoms with Crippen molar-refractivity contribution in [2.75, 3.05) is 30.1 Å². The van der Waals surface area contributed by atoms with Crippen LogP contribution in [0.2, 0.25) is 0 Å². The zero-order chi connectivity index (χ0) is 22.7. The number of fused-ring (bicyclic) bond motifs is 1. The smallest absolute Gasteiger partial charge is 0.227 e. The molecule has 8 nitrogen and oxygen atoms in total. The second kappa shape index (κ2) is 8.93. The lowest BCUT2D eigenvalue weighted by molar-refractivity contribution is -0.115. The topological polar surface area (TPSA) is 113 Å². The highest BCUT2D eigenvalue weighted by atomic mass is 31.2. The molecule has 0 saturated heterocycles. The van der Waals surface area contributed by atoms with Crippen molar-refractivity contribution < 1.29 is 9.36 Å². The third-order valence-corrected chi connectivity index (χ3v) is 6.33. The average molecular weight is 448 g/mol. The van der Waals surface area contributed by atoms with Crippen molar-refractivity contribution in [3.8, 4) is 11.3 Å². The molecule has 1 aromatic carbocycles. The van der Waals surface area contributed by atoms with E-state index in [4.69, 9.17) is 0 Å². The van der Waals surface area contributed by atoms with E-state index in [0.717, 1.165) is 33.5 Å². The Kier molecular flexibility index (Phi) is 6.06. The summed E-state index contributed by atoms with van der Waals surface area (Å²) in [5, 5.41) is 7.11. The van der Waals surface area contributed by atoms with Gasteiger partial charge in [0.25, 0.3) is 0 Å². The van der Waals surface area contributed by atoms with Crippen molar-refractivity contribution in [3.63, 3.8) is 0 Å². The minimum atomic E-state index is -2.22. The molecule has 0 aliphatic rings. The van der Waals surface area contributed by atoms with Crippen molar-refractivity contribution in [2.24, 2.45) is 0 Å². The molecule has 0 unspecified atom stereocenters. The number of H-pyrrole nitrogens is 1. The molecule has 0 aliphatic heterocycles. The SMILES string of the molecule is Cc1ccc(NC(=O)CCP(C)(C)=O)cc1Nc1nccc(-c2c[nH]c3ncccc23)n1. The van der Waals surface area contributed by atoms with E-state index in [2.05, 4.69) is 30.6 Å². The summed E-state index contributed by atoms with van der Waals surface area (Å²) in [7, 11) is -2.22. The van der Waals surface area contributed by atoms with Crippen LogP contribution in [0.1, 0.15) is 12.0 Å². The zero-order valence-electron chi connectivity index (χ0n) is 18.2. The normalized spacial score (nSPS) is 11.5. The van der Waals surface area contributed by atoms with Gasteiger partial charge < -0.3 is 20.2 Å². The van der Waals surface area contributed by atoms with Crippen LogP contribution >= 0.6 is 7.14 Å². The van der Waals surface area contributed by atoms with Gasteiger partial charge in [0.1, 0.15) is 5.65 Å². The summed E-state index contributed by atoms with van der Waals surface area (Å²) in [6, 6.07) is 11.3. The van der Waals surface area contributed by atoms with Crippen molar-refractivity contribution in [1.82, 2.24) is 19.9 Å². The number of aryl methyl sites for hydroxylation is 1. The average Bonchev–Trinajstić information content (AvgIpc) is 3.19. The molecule has 4 rings (SSSR count). The highest BCUT2D eigenvalue weighted by molar-refractivity contribution is 7.62. The van der Waals surface area contributed by atoms with Crippen molar-refractivity contribution >= 4 is 41.4 Å². The fourth-order valence-electron chi connectivity index (χ4n) is 3.29. The van der Waals surface area contributed by atoms with E-state index in [0.29, 0.717) is 17.8 Å². The standard InChI is InChI=1S/C23H25N6O2P/c1-15-6-7-16(27-21(30)9-12-32(2,3)31)13-20(15)29-23-25-11-8-19(28-23)18-14-26-22-17(18)5-4-10-24-22/h4-8,10-11,13-14H,9,12H2,1-3H3,(H,24,26)(H,27,30)(H,25,28,29). The van der Waals surface area contributed by atoms with Gasteiger partial charge >= 0.3 is 0 Å². The van der Waals surface area contributed by atoms with E-state index in [9.17, 15) is 9.36 Å². The summed E-state index contributed by atoms with van der Waals surface area (Å²) in [5.41, 5.74) is 4.95. The molecule has 3 N–H and O–H groups in total. The summed E-state index contributed by atoms with van der Waals surface area (Å²) in [4.78, 5) is 28.7. The second-order valence-electron chi connectivity index (χ2n) is 8.12. The first-order chi connectivity index (χ1) is 15.3. The Hall–Kier alpha value is -3.51. The van der Waals surface area contributed by atoms with Gasteiger partial charge in [-0.1, -0.05) is 6.07 Å². The zero-order valence-corrected chi connectivity index (χ0v) is 19.1. The quantitative estimate of drug-likeness (QED) is 0.342. The summed E-state index contributed by atoms with van der Waals surface area (Å²) in [6.07, 6.45) is 5.95. The second-order valence-corrected chi connectivity index (χ2v) is 11.7. The van der Waals surface area contributed by atoms with Crippen LogP contribution in [0.3, 0.4) is 0 Å². The Bertz CT molecular complexity index is 1330. The lowest BCUT2D eigenvalue weighted by atomic mass is 10.1. The van der Waals surface area contributed by atoms with Gasteiger partial charge in [0.2, 0.25) is 11.9 Å². The van der Waals surface area contributed by atoms with Crippen LogP contribution in [-0.2, 0) is 9.36 Å². The van der Waals surface area contributed by atoms with Crippen LogP contribution in [0.5, 0.6) is 0 Å². The number of aromatic amines is 1. The molecule has 0 bridgehead atoms. The number of aromatic nitrogens is 4. The molecule has 0 spiro atoms. The third-order valence-electron chi connectivity index (χ3n) is 5.03. The first-order valence-electron chi connectivity index (χ1n) is 10.3. The predicted molar refractivity (Wildman–Crippen MR) is 129 cm³/mol. The van der Waals surface area contributed by atoms with Gasteiger partial charge in [0, 0.05) is 53.5 Å². The van der Waals surface area contributed by atoms with Gasteiger partial charge in [-0.25, -0.2) is 15.0 Å². The molecule has 0 atom stereocenters. The molecule has 0 fully saturated rings. The Morgan fingerprint density at radius 2 is 1.97 bits per heavy atom. The lowest BCUT2D eigenvalue weighted by Gasteiger charge is -2.12. The van der Waals surface area contributed by atoms with Gasteiger partial charge in [-0.2, -0.15) is 0 Å². The van der Waals surface area contributed by atoms with Crippen molar-refractivity contribution in [3.05, 3.63) is 60.6 Å². The number of carbonyl (C=O) groups is 1. The monoisotopic (exact) mass is 448 g/mol. The molecule has 3 heterocycles. The maximum Gasteiger partial charge on any atom is 0.227 e. The first-order valence-corrected chi connectivity index (χ1v) is 13.0. The number of hydrogen-bond acceptors (Lipinski definition) is 6. The van der Waals surface area contributed by atoms with E-state index in [1.807, 2.05) is 49.5 Å². The van der Waals surface area contributed by atoms with E-state index in [1.54, 1.807) is 25.7 Å². The van der Waals surface area contributed by atoms with Gasteiger partial charge in [0.15, 0.2) is 0 Å². The highest BCUT2D eigenvalue weighted by Gasteiger charge is 2.13. The van der Waals surface area contributed by atoms with Crippen LogP contribution in [0.15, 0.2) is 55.0 Å². The summed E-state index contributed by atoms with van der Waals surface area (Å²) in [5.74, 6) is 0.292. The van der Waals surface area contributed by atoms with E-state index in [1.165, 1.54) is 0 Å². The van der Waals surface area contributed by atoms with E-state index in [-0.39, 0.29) is 12.3 Å².